The third-order valence-electron chi connectivity index (χ3n) is 4.60. The summed E-state index contributed by atoms with van der Waals surface area (Å²) >= 11 is 0. The third-order valence-corrected chi connectivity index (χ3v) is 4.60. The summed E-state index contributed by atoms with van der Waals surface area (Å²) in [5.74, 6) is 3.12. The number of aryl methyl sites for hydroxylation is 1. The van der Waals surface area contributed by atoms with Crippen molar-refractivity contribution in [3.05, 3.63) is 47.4 Å². The maximum Gasteiger partial charge on any atom is 0.236 e. The lowest BCUT2D eigenvalue weighted by molar-refractivity contribution is -0.131. The molecule has 0 bridgehead atoms. The van der Waals surface area contributed by atoms with Gasteiger partial charge >= 0.3 is 0 Å². The zero-order chi connectivity index (χ0) is 20.4. The number of carbonyl (C=O) groups is 1. The van der Waals surface area contributed by atoms with Gasteiger partial charge in [-0.25, -0.2) is 0 Å². The molecule has 154 valence electrons. The Morgan fingerprint density at radius 1 is 1.14 bits per heavy atom. The molecule has 1 N–H and O–H groups in total. The maximum atomic E-state index is 12.7. The lowest BCUT2D eigenvalue weighted by atomic mass is 10.1. The van der Waals surface area contributed by atoms with E-state index in [0.29, 0.717) is 31.1 Å². The number of carbonyl (C=O) groups excluding carboxylic acids is 1. The van der Waals surface area contributed by atoms with Crippen LogP contribution in [-0.2, 0) is 17.8 Å². The molecule has 0 fully saturated rings. The van der Waals surface area contributed by atoms with E-state index < -0.39 is 0 Å². The molecule has 0 saturated carbocycles. The highest BCUT2D eigenvalue weighted by atomic mass is 16.5. The number of nitrogens with zero attached hydrogens (tertiary/aromatic N) is 1. The topological polar surface area (TPSA) is 63.9 Å². The predicted octanol–water partition coefficient (Wildman–Crippen LogP) is 3.57. The van der Waals surface area contributed by atoms with Gasteiger partial charge in [0.2, 0.25) is 5.91 Å². The number of ether oxygens (including phenoxy) is 2. The molecule has 1 heterocycles. The number of furan rings is 1. The van der Waals surface area contributed by atoms with Crippen molar-refractivity contribution >= 4 is 5.91 Å². The molecule has 28 heavy (non-hydrogen) atoms. The van der Waals surface area contributed by atoms with Crippen LogP contribution in [-0.4, -0.2) is 44.7 Å². The average molecular weight is 389 g/mol. The second-order valence-corrected chi connectivity index (χ2v) is 6.80. The smallest absolute Gasteiger partial charge is 0.236 e. The lowest BCUT2D eigenvalue weighted by Crippen LogP contribution is -2.39. The molecule has 6 heteroatoms. The van der Waals surface area contributed by atoms with Crippen LogP contribution in [0.3, 0.4) is 0 Å². The lowest BCUT2D eigenvalue weighted by Gasteiger charge is -2.22. The first kappa shape index (κ1) is 21.8. The van der Waals surface area contributed by atoms with Gasteiger partial charge in [0.1, 0.15) is 11.5 Å². The molecule has 0 unspecified atom stereocenters. The summed E-state index contributed by atoms with van der Waals surface area (Å²) in [4.78, 5) is 14.6. The first-order valence-electron chi connectivity index (χ1n) is 9.82. The number of methoxy groups -OCH3 is 2. The molecule has 0 spiro atoms. The van der Waals surface area contributed by atoms with E-state index in [9.17, 15) is 4.79 Å². The fraction of sp³-hybridized carbons (Fsp3) is 0.500. The van der Waals surface area contributed by atoms with E-state index in [1.54, 1.807) is 14.2 Å². The summed E-state index contributed by atoms with van der Waals surface area (Å²) in [7, 11) is 3.24. The number of unbranched alkanes of at least 4 members (excludes halogenated alkanes) is 1. The monoisotopic (exact) mass is 388 g/mol. The normalized spacial score (nSPS) is 10.7. The number of benzene rings is 1. The minimum atomic E-state index is 0.0747. The van der Waals surface area contributed by atoms with E-state index in [1.807, 2.05) is 42.2 Å². The van der Waals surface area contributed by atoms with Gasteiger partial charge in [-0.3, -0.25) is 4.79 Å². The molecule has 0 aliphatic rings. The van der Waals surface area contributed by atoms with Crippen molar-refractivity contribution in [3.8, 4) is 11.5 Å². The van der Waals surface area contributed by atoms with Crippen molar-refractivity contribution in [2.45, 2.75) is 39.7 Å². The molecule has 2 rings (SSSR count). The maximum absolute atomic E-state index is 12.7. The molecular formula is C22H32N2O4. The molecule has 2 aromatic rings. The largest absolute Gasteiger partial charge is 0.493 e. The second-order valence-electron chi connectivity index (χ2n) is 6.80. The second kappa shape index (κ2) is 11.4. The molecule has 0 aliphatic heterocycles. The van der Waals surface area contributed by atoms with Crippen LogP contribution < -0.4 is 14.8 Å². The molecule has 1 amide bonds. The molecule has 0 atom stereocenters. The van der Waals surface area contributed by atoms with Gasteiger partial charge in [-0.2, -0.15) is 0 Å². The quantitative estimate of drug-likeness (QED) is 0.563. The zero-order valence-electron chi connectivity index (χ0n) is 17.4. The number of hydrogen-bond acceptors (Lipinski definition) is 5. The van der Waals surface area contributed by atoms with Gasteiger partial charge in [0.25, 0.3) is 0 Å². The van der Waals surface area contributed by atoms with Crippen LogP contribution in [0.2, 0.25) is 0 Å². The SMILES string of the molecule is CCCCNCC(=O)N(CCc1ccc(OC)c(OC)c1)Cc1ccc(C)o1. The Morgan fingerprint density at radius 2 is 1.93 bits per heavy atom. The van der Waals surface area contributed by atoms with Crippen LogP contribution in [0.1, 0.15) is 36.8 Å². The van der Waals surface area contributed by atoms with Gasteiger partial charge in [-0.1, -0.05) is 19.4 Å². The third kappa shape index (κ3) is 6.60. The minimum Gasteiger partial charge on any atom is -0.493 e. The summed E-state index contributed by atoms with van der Waals surface area (Å²) in [6.45, 7) is 6.31. The van der Waals surface area contributed by atoms with E-state index in [4.69, 9.17) is 13.9 Å². The standard InChI is InChI=1S/C22H32N2O4/c1-5-6-12-23-15-22(25)24(16-19-9-7-17(2)28-19)13-11-18-8-10-20(26-3)21(14-18)27-4/h7-10,14,23H,5-6,11-13,15-16H2,1-4H3. The van der Waals surface area contributed by atoms with Gasteiger partial charge in [0, 0.05) is 6.54 Å². The number of amides is 1. The van der Waals surface area contributed by atoms with Crippen molar-refractivity contribution < 1.29 is 18.7 Å². The van der Waals surface area contributed by atoms with Crippen molar-refractivity contribution in [3.63, 3.8) is 0 Å². The summed E-state index contributed by atoms with van der Waals surface area (Å²) in [6.07, 6.45) is 2.90. The van der Waals surface area contributed by atoms with E-state index in [-0.39, 0.29) is 5.91 Å². The first-order valence-corrected chi connectivity index (χ1v) is 9.82. The molecule has 0 saturated heterocycles. The van der Waals surface area contributed by atoms with Crippen molar-refractivity contribution in [2.75, 3.05) is 33.9 Å². The fourth-order valence-electron chi connectivity index (χ4n) is 2.96. The van der Waals surface area contributed by atoms with E-state index in [0.717, 1.165) is 42.9 Å². The Hall–Kier alpha value is -2.47. The van der Waals surface area contributed by atoms with Crippen LogP contribution >= 0.6 is 0 Å². The Bertz CT molecular complexity index is 742. The van der Waals surface area contributed by atoms with Crippen LogP contribution in [0.4, 0.5) is 0 Å². The zero-order valence-corrected chi connectivity index (χ0v) is 17.4. The highest BCUT2D eigenvalue weighted by Crippen LogP contribution is 2.27. The van der Waals surface area contributed by atoms with Crippen molar-refractivity contribution in [1.29, 1.82) is 0 Å². The fourth-order valence-corrected chi connectivity index (χ4v) is 2.96. The molecule has 0 aliphatic carbocycles. The average Bonchev–Trinajstić information content (AvgIpc) is 3.12. The van der Waals surface area contributed by atoms with Crippen LogP contribution in [0.25, 0.3) is 0 Å². The van der Waals surface area contributed by atoms with E-state index >= 15 is 0 Å². The van der Waals surface area contributed by atoms with Gasteiger partial charge in [-0.15, -0.1) is 0 Å². The van der Waals surface area contributed by atoms with Crippen LogP contribution in [0, 0.1) is 6.92 Å². The van der Waals surface area contributed by atoms with Crippen LogP contribution in [0.5, 0.6) is 11.5 Å². The number of hydrogen-bond donors (Lipinski definition) is 1. The highest BCUT2D eigenvalue weighted by molar-refractivity contribution is 5.78. The first-order chi connectivity index (χ1) is 13.6. The molecular weight excluding hydrogens is 356 g/mol. The highest BCUT2D eigenvalue weighted by Gasteiger charge is 2.16. The van der Waals surface area contributed by atoms with Gasteiger partial charge < -0.3 is 24.1 Å². The van der Waals surface area contributed by atoms with E-state index in [2.05, 4.69) is 12.2 Å². The minimum absolute atomic E-state index is 0.0747. The van der Waals surface area contributed by atoms with Crippen molar-refractivity contribution in [2.24, 2.45) is 0 Å². The number of rotatable bonds is 12. The number of nitrogens with one attached hydrogen (secondary N) is 1. The molecule has 0 radical (unpaired) electrons. The Kier molecular flexibility index (Phi) is 8.88. The van der Waals surface area contributed by atoms with Gasteiger partial charge in [0.15, 0.2) is 11.5 Å². The molecule has 1 aromatic heterocycles. The summed E-state index contributed by atoms with van der Waals surface area (Å²) in [5.41, 5.74) is 1.09. The van der Waals surface area contributed by atoms with Gasteiger partial charge in [-0.05, 0) is 56.1 Å². The van der Waals surface area contributed by atoms with Crippen molar-refractivity contribution in [1.82, 2.24) is 10.2 Å². The Balaban J connectivity index is 2.02. The molecule has 6 nitrogen and oxygen atoms in total. The van der Waals surface area contributed by atoms with E-state index in [1.165, 1.54) is 0 Å². The predicted molar refractivity (Wildman–Crippen MR) is 110 cm³/mol. The summed E-state index contributed by atoms with van der Waals surface area (Å²) in [6, 6.07) is 9.70. The Morgan fingerprint density at radius 3 is 2.57 bits per heavy atom. The summed E-state index contributed by atoms with van der Waals surface area (Å²) < 4.78 is 16.3. The van der Waals surface area contributed by atoms with Crippen LogP contribution in [0.15, 0.2) is 34.7 Å². The summed E-state index contributed by atoms with van der Waals surface area (Å²) in [5, 5.41) is 3.23. The Labute approximate surface area is 167 Å². The van der Waals surface area contributed by atoms with Gasteiger partial charge in [0.05, 0.1) is 27.3 Å². The molecule has 1 aromatic carbocycles.